The fourth-order valence-electron chi connectivity index (χ4n) is 4.06. The van der Waals surface area contributed by atoms with Crippen molar-refractivity contribution in [1.29, 1.82) is 0 Å². The van der Waals surface area contributed by atoms with Crippen molar-refractivity contribution < 1.29 is 17.9 Å². The Morgan fingerprint density at radius 2 is 1.96 bits per heavy atom. The number of benzene rings is 1. The fourth-order valence-corrected chi connectivity index (χ4v) is 5.14. The van der Waals surface area contributed by atoms with Gasteiger partial charge in [0.25, 0.3) is 0 Å². The third-order valence-electron chi connectivity index (χ3n) is 5.34. The number of methoxy groups -OCH3 is 1. The van der Waals surface area contributed by atoms with E-state index in [1.165, 1.54) is 20.0 Å². The number of rotatable bonds is 9. The van der Waals surface area contributed by atoms with Crippen molar-refractivity contribution in [3.63, 3.8) is 0 Å². The summed E-state index contributed by atoms with van der Waals surface area (Å²) in [6, 6.07) is 7.81. The summed E-state index contributed by atoms with van der Waals surface area (Å²) in [5, 5.41) is 6.52. The molecule has 1 aromatic rings. The average molecular weight is 432 g/mol. The Balaban J connectivity index is 0.00000280. The number of carbonyl (C=O) groups is 1. The summed E-state index contributed by atoms with van der Waals surface area (Å²) in [5.41, 5.74) is 0.767. The molecule has 2 atom stereocenters. The average Bonchev–Trinajstić information content (AvgIpc) is 2.99. The Bertz CT molecular complexity index is 747. The molecule has 1 amide bonds. The van der Waals surface area contributed by atoms with E-state index in [9.17, 15) is 13.2 Å². The van der Waals surface area contributed by atoms with Gasteiger partial charge in [0.15, 0.2) is 0 Å². The molecule has 158 valence electrons. The third-order valence-corrected chi connectivity index (χ3v) is 6.80. The largest absolute Gasteiger partial charge is 0.383 e. The number of piperidine rings is 1. The molecule has 2 unspecified atom stereocenters. The molecule has 2 fully saturated rings. The second-order valence-corrected chi connectivity index (χ2v) is 9.26. The Hall–Kier alpha value is -1.19. The van der Waals surface area contributed by atoms with E-state index in [0.717, 1.165) is 18.4 Å². The number of sulfonamides is 1. The molecule has 2 bridgehead atoms. The number of fused-ring (bicyclic) bond motifs is 2. The van der Waals surface area contributed by atoms with Crippen LogP contribution in [0.4, 0.5) is 0 Å². The topological polar surface area (TPSA) is 96.5 Å². The van der Waals surface area contributed by atoms with Crippen molar-refractivity contribution in [1.82, 2.24) is 15.4 Å². The fraction of sp³-hybridized carbons (Fsp3) is 0.632. The van der Waals surface area contributed by atoms with E-state index in [-0.39, 0.29) is 29.8 Å². The summed E-state index contributed by atoms with van der Waals surface area (Å²) < 4.78 is 31.9. The van der Waals surface area contributed by atoms with Crippen LogP contribution in [0.25, 0.3) is 0 Å². The molecular formula is C19H30ClN3O4S. The van der Waals surface area contributed by atoms with Crippen molar-refractivity contribution in [3.05, 3.63) is 29.8 Å². The maximum Gasteiger partial charge on any atom is 0.240 e. The van der Waals surface area contributed by atoms with Gasteiger partial charge in [-0.05, 0) is 49.3 Å². The molecule has 1 aromatic carbocycles. The summed E-state index contributed by atoms with van der Waals surface area (Å²) in [4.78, 5) is 12.5. The van der Waals surface area contributed by atoms with Crippen molar-refractivity contribution in [2.24, 2.45) is 5.92 Å². The van der Waals surface area contributed by atoms with Crippen LogP contribution in [0.2, 0.25) is 0 Å². The minimum atomic E-state index is -3.57. The highest BCUT2D eigenvalue weighted by Gasteiger charge is 2.34. The lowest BCUT2D eigenvalue weighted by molar-refractivity contribution is -0.122. The zero-order valence-electron chi connectivity index (χ0n) is 16.1. The van der Waals surface area contributed by atoms with Gasteiger partial charge in [0.2, 0.25) is 15.9 Å². The normalized spacial score (nSPS) is 23.8. The van der Waals surface area contributed by atoms with Crippen molar-refractivity contribution in [2.75, 3.05) is 20.3 Å². The minimum Gasteiger partial charge on any atom is -0.383 e. The van der Waals surface area contributed by atoms with Gasteiger partial charge in [0, 0.05) is 38.7 Å². The van der Waals surface area contributed by atoms with E-state index in [1.807, 2.05) is 6.07 Å². The third kappa shape index (κ3) is 6.42. The SMILES string of the molecule is COCCNS(=O)(=O)c1cccc(CNC(=O)CC2CC3CCC(C2)N3)c1.Cl. The number of halogens is 1. The van der Waals surface area contributed by atoms with Gasteiger partial charge in [0.1, 0.15) is 0 Å². The van der Waals surface area contributed by atoms with Crippen LogP contribution in [0, 0.1) is 5.92 Å². The number of amides is 1. The molecule has 9 heteroatoms. The first-order valence-electron chi connectivity index (χ1n) is 9.56. The highest BCUT2D eigenvalue weighted by molar-refractivity contribution is 7.89. The Morgan fingerprint density at radius 1 is 1.25 bits per heavy atom. The van der Waals surface area contributed by atoms with Gasteiger partial charge < -0.3 is 15.4 Å². The van der Waals surface area contributed by atoms with E-state index in [2.05, 4.69) is 15.4 Å². The number of carbonyl (C=O) groups excluding carboxylic acids is 1. The quantitative estimate of drug-likeness (QED) is 0.516. The number of nitrogens with one attached hydrogen (secondary N) is 3. The van der Waals surface area contributed by atoms with Crippen LogP contribution < -0.4 is 15.4 Å². The van der Waals surface area contributed by atoms with Crippen molar-refractivity contribution >= 4 is 28.3 Å². The van der Waals surface area contributed by atoms with Gasteiger partial charge in [-0.2, -0.15) is 0 Å². The van der Waals surface area contributed by atoms with Crippen molar-refractivity contribution in [3.8, 4) is 0 Å². The minimum absolute atomic E-state index is 0. The van der Waals surface area contributed by atoms with E-state index in [1.54, 1.807) is 18.2 Å². The van der Waals surface area contributed by atoms with E-state index < -0.39 is 10.0 Å². The number of hydrogen-bond acceptors (Lipinski definition) is 5. The molecule has 2 heterocycles. The summed E-state index contributed by atoms with van der Waals surface area (Å²) in [6.07, 6.45) is 5.14. The summed E-state index contributed by atoms with van der Waals surface area (Å²) in [5.74, 6) is 0.480. The Morgan fingerprint density at radius 3 is 2.64 bits per heavy atom. The smallest absolute Gasteiger partial charge is 0.240 e. The monoisotopic (exact) mass is 431 g/mol. The zero-order valence-corrected chi connectivity index (χ0v) is 17.8. The molecule has 0 spiro atoms. The predicted octanol–water partition coefficient (Wildman–Crippen LogP) is 1.57. The first kappa shape index (κ1) is 23.1. The molecule has 2 aliphatic rings. The lowest BCUT2D eigenvalue weighted by Gasteiger charge is -2.28. The van der Waals surface area contributed by atoms with Crippen LogP contribution >= 0.6 is 12.4 Å². The number of ether oxygens (including phenoxy) is 1. The molecule has 3 rings (SSSR count). The highest BCUT2D eigenvalue weighted by Crippen LogP contribution is 2.32. The van der Waals surface area contributed by atoms with Gasteiger partial charge in [0.05, 0.1) is 11.5 Å². The molecule has 0 aliphatic carbocycles. The maximum atomic E-state index is 12.3. The lowest BCUT2D eigenvalue weighted by Crippen LogP contribution is -2.39. The predicted molar refractivity (Wildman–Crippen MR) is 110 cm³/mol. The summed E-state index contributed by atoms with van der Waals surface area (Å²) >= 11 is 0. The summed E-state index contributed by atoms with van der Waals surface area (Å²) in [7, 11) is -2.05. The van der Waals surface area contributed by atoms with Crippen LogP contribution in [0.1, 0.15) is 37.7 Å². The Kier molecular flexibility index (Phi) is 8.70. The molecule has 28 heavy (non-hydrogen) atoms. The molecule has 0 aromatic heterocycles. The molecule has 0 radical (unpaired) electrons. The first-order valence-corrected chi connectivity index (χ1v) is 11.0. The van der Waals surface area contributed by atoms with Crippen LogP contribution in [-0.2, 0) is 26.1 Å². The van der Waals surface area contributed by atoms with Gasteiger partial charge in [-0.3, -0.25) is 4.79 Å². The van der Waals surface area contributed by atoms with Gasteiger partial charge in [-0.25, -0.2) is 13.1 Å². The zero-order chi connectivity index (χ0) is 19.3. The van der Waals surface area contributed by atoms with Gasteiger partial charge in [-0.15, -0.1) is 12.4 Å². The van der Waals surface area contributed by atoms with Gasteiger partial charge >= 0.3 is 0 Å². The molecule has 0 saturated carbocycles. The maximum absolute atomic E-state index is 12.3. The van der Waals surface area contributed by atoms with Crippen LogP contribution in [0.3, 0.4) is 0 Å². The highest BCUT2D eigenvalue weighted by atomic mass is 35.5. The van der Waals surface area contributed by atoms with Crippen LogP contribution in [0.15, 0.2) is 29.2 Å². The number of hydrogen-bond donors (Lipinski definition) is 3. The van der Waals surface area contributed by atoms with E-state index in [0.29, 0.717) is 37.6 Å². The molecule has 3 N–H and O–H groups in total. The van der Waals surface area contributed by atoms with Crippen LogP contribution in [0.5, 0.6) is 0 Å². The van der Waals surface area contributed by atoms with Crippen LogP contribution in [-0.4, -0.2) is 46.7 Å². The van der Waals surface area contributed by atoms with Gasteiger partial charge in [-0.1, -0.05) is 12.1 Å². The molecule has 2 saturated heterocycles. The molecule has 7 nitrogen and oxygen atoms in total. The second kappa shape index (κ2) is 10.5. The molecular weight excluding hydrogens is 402 g/mol. The lowest BCUT2D eigenvalue weighted by atomic mass is 9.89. The van der Waals surface area contributed by atoms with E-state index >= 15 is 0 Å². The molecule has 2 aliphatic heterocycles. The second-order valence-electron chi connectivity index (χ2n) is 7.49. The Labute approximate surface area is 173 Å². The first-order chi connectivity index (χ1) is 13.0. The summed E-state index contributed by atoms with van der Waals surface area (Å²) in [6.45, 7) is 0.865. The van der Waals surface area contributed by atoms with E-state index in [4.69, 9.17) is 4.74 Å². The standard InChI is InChI=1S/C19H29N3O4S.ClH/c1-26-8-7-21-27(24,25)18-4-2-3-14(11-18)13-20-19(23)12-15-9-16-5-6-17(10-15)22-16;/h2-4,11,15-17,21-22H,5-10,12-13H2,1H3,(H,20,23);1H. The van der Waals surface area contributed by atoms with Crippen molar-refractivity contribution in [2.45, 2.75) is 55.6 Å².